The van der Waals surface area contributed by atoms with Gasteiger partial charge in [-0.05, 0) is 57.9 Å². The first-order chi connectivity index (χ1) is 20.2. The Hall–Kier alpha value is -4.62. The summed E-state index contributed by atoms with van der Waals surface area (Å²) in [5, 5.41) is 2.51. The number of para-hydroxylation sites is 1. The standard InChI is InChI=1S/C30H37N5O8/c1-17(2)42-24(37)15-23(32)26(38)34(22-9-7-6-8-10-22)30(19(5)36,28(40)43-18(3)4)35-27(39)25(33-29(35)41)21-13-11-20(16-31)12-14-21/h6-14,17-18,23,25H,15-16,31-32H2,1-5H3,(H,33,41)/t23-,25?,30+/m0/s1. The van der Waals surface area contributed by atoms with Gasteiger partial charge in [0, 0.05) is 12.2 Å². The zero-order valence-electron chi connectivity index (χ0n) is 24.7. The summed E-state index contributed by atoms with van der Waals surface area (Å²) in [6.45, 7) is 7.42. The molecule has 230 valence electrons. The van der Waals surface area contributed by atoms with Gasteiger partial charge in [0.25, 0.3) is 11.6 Å². The second-order valence-electron chi connectivity index (χ2n) is 10.5. The summed E-state index contributed by atoms with van der Waals surface area (Å²) < 4.78 is 10.6. The first kappa shape index (κ1) is 32.9. The highest BCUT2D eigenvalue weighted by molar-refractivity contribution is 6.23. The maximum atomic E-state index is 14.2. The van der Waals surface area contributed by atoms with Crippen LogP contribution >= 0.6 is 0 Å². The van der Waals surface area contributed by atoms with Crippen molar-refractivity contribution in [3.63, 3.8) is 0 Å². The molecule has 13 nitrogen and oxygen atoms in total. The number of ketones is 1. The Kier molecular flexibility index (Phi) is 10.4. The number of amides is 4. The third-order valence-corrected chi connectivity index (χ3v) is 6.56. The van der Waals surface area contributed by atoms with E-state index in [1.165, 1.54) is 38.1 Å². The van der Waals surface area contributed by atoms with Crippen LogP contribution < -0.4 is 21.7 Å². The molecule has 5 N–H and O–H groups in total. The fourth-order valence-corrected chi connectivity index (χ4v) is 4.69. The number of imide groups is 1. The number of anilines is 1. The van der Waals surface area contributed by atoms with E-state index in [-0.39, 0.29) is 12.2 Å². The van der Waals surface area contributed by atoms with Gasteiger partial charge in [-0.2, -0.15) is 0 Å². The van der Waals surface area contributed by atoms with Crippen LogP contribution in [-0.2, 0) is 40.0 Å². The topological polar surface area (TPSA) is 191 Å². The Morgan fingerprint density at radius 1 is 0.953 bits per heavy atom. The van der Waals surface area contributed by atoms with Crippen LogP contribution in [0.15, 0.2) is 54.6 Å². The molecule has 0 spiro atoms. The van der Waals surface area contributed by atoms with Gasteiger partial charge >= 0.3 is 18.0 Å². The number of nitrogens with zero attached hydrogens (tertiary/aromatic N) is 2. The van der Waals surface area contributed by atoms with E-state index in [4.69, 9.17) is 20.9 Å². The number of benzene rings is 2. The van der Waals surface area contributed by atoms with Crippen molar-refractivity contribution in [1.29, 1.82) is 0 Å². The molecular formula is C30H37N5O8. The largest absolute Gasteiger partial charge is 0.463 e. The van der Waals surface area contributed by atoms with Crippen molar-refractivity contribution in [2.24, 2.45) is 11.5 Å². The number of hydrogen-bond acceptors (Lipinski definition) is 10. The van der Waals surface area contributed by atoms with Crippen LogP contribution in [0.5, 0.6) is 0 Å². The third-order valence-electron chi connectivity index (χ3n) is 6.56. The first-order valence-electron chi connectivity index (χ1n) is 13.7. The molecule has 0 radical (unpaired) electrons. The molecule has 0 bridgehead atoms. The lowest BCUT2D eigenvalue weighted by Crippen LogP contribution is -2.74. The molecule has 1 heterocycles. The average Bonchev–Trinajstić information content (AvgIpc) is 3.24. The van der Waals surface area contributed by atoms with Gasteiger partial charge in [-0.1, -0.05) is 42.5 Å². The number of carbonyl (C=O) groups excluding carboxylic acids is 6. The Morgan fingerprint density at radius 3 is 2.05 bits per heavy atom. The van der Waals surface area contributed by atoms with Crippen molar-refractivity contribution in [1.82, 2.24) is 10.2 Å². The molecule has 1 fully saturated rings. The molecule has 1 aliphatic rings. The van der Waals surface area contributed by atoms with E-state index in [1.54, 1.807) is 44.2 Å². The van der Waals surface area contributed by atoms with Crippen molar-refractivity contribution in [3.05, 3.63) is 65.7 Å². The number of hydrogen-bond donors (Lipinski definition) is 3. The number of Topliss-reactive ketones (excluding diaryl/α,β-unsaturated/α-hetero) is 1. The second kappa shape index (κ2) is 13.6. The minimum absolute atomic E-state index is 0.0626. The van der Waals surface area contributed by atoms with E-state index in [9.17, 15) is 28.8 Å². The highest BCUT2D eigenvalue weighted by Gasteiger charge is 2.65. The molecule has 1 unspecified atom stereocenters. The molecule has 4 amide bonds. The fraction of sp³-hybridized carbons (Fsp3) is 0.400. The van der Waals surface area contributed by atoms with Gasteiger partial charge in [-0.15, -0.1) is 0 Å². The average molecular weight is 596 g/mol. The summed E-state index contributed by atoms with van der Waals surface area (Å²) in [6, 6.07) is 9.82. The molecule has 3 rings (SSSR count). The van der Waals surface area contributed by atoms with E-state index in [1.807, 2.05) is 0 Å². The Labute approximate surface area is 249 Å². The molecule has 13 heteroatoms. The fourth-order valence-electron chi connectivity index (χ4n) is 4.69. The lowest BCUT2D eigenvalue weighted by atomic mass is 9.96. The van der Waals surface area contributed by atoms with Gasteiger partial charge in [0.05, 0.1) is 24.7 Å². The molecule has 1 saturated heterocycles. The lowest BCUT2D eigenvalue weighted by molar-refractivity contribution is -0.168. The predicted octanol–water partition coefficient (Wildman–Crippen LogP) is 1.68. The molecule has 0 aliphatic carbocycles. The van der Waals surface area contributed by atoms with Crippen LogP contribution in [-0.4, -0.2) is 64.4 Å². The van der Waals surface area contributed by atoms with Crippen molar-refractivity contribution in [2.75, 3.05) is 4.90 Å². The molecule has 0 saturated carbocycles. The number of esters is 2. The van der Waals surface area contributed by atoms with Crippen molar-refractivity contribution < 1.29 is 38.2 Å². The summed E-state index contributed by atoms with van der Waals surface area (Å²) in [4.78, 5) is 83.2. The SMILES string of the molecule is CC(=O)[C@](C(=O)OC(C)C)(N1C(=O)NC(c2ccc(CN)cc2)C1=O)N(C(=O)[C@@H](N)CC(=O)OC(C)C)c1ccccc1. The Morgan fingerprint density at radius 2 is 1.53 bits per heavy atom. The molecular weight excluding hydrogens is 558 g/mol. The number of ether oxygens (including phenoxy) is 2. The molecule has 0 aromatic heterocycles. The van der Waals surface area contributed by atoms with Crippen molar-refractivity contribution in [2.45, 2.75) is 77.5 Å². The van der Waals surface area contributed by atoms with Gasteiger partial charge in [0.15, 0.2) is 5.78 Å². The first-order valence-corrected chi connectivity index (χ1v) is 13.7. The summed E-state index contributed by atoms with van der Waals surface area (Å²) in [5.74, 6) is -5.37. The highest BCUT2D eigenvalue weighted by Crippen LogP contribution is 2.36. The summed E-state index contributed by atoms with van der Waals surface area (Å²) in [6.07, 6.45) is -1.95. The van der Waals surface area contributed by atoms with Gasteiger partial charge in [-0.25, -0.2) is 14.5 Å². The highest BCUT2D eigenvalue weighted by atomic mass is 16.6. The number of nitrogens with one attached hydrogen (secondary N) is 1. The third kappa shape index (κ3) is 6.73. The maximum Gasteiger partial charge on any atom is 0.362 e. The van der Waals surface area contributed by atoms with Gasteiger partial charge in [0.1, 0.15) is 6.04 Å². The molecule has 2 aromatic carbocycles. The molecule has 43 heavy (non-hydrogen) atoms. The minimum Gasteiger partial charge on any atom is -0.463 e. The second-order valence-corrected chi connectivity index (χ2v) is 10.5. The maximum absolute atomic E-state index is 14.2. The van der Waals surface area contributed by atoms with Crippen molar-refractivity contribution >= 4 is 41.3 Å². The molecule has 1 aliphatic heterocycles. The van der Waals surface area contributed by atoms with Gasteiger partial charge < -0.3 is 26.3 Å². The van der Waals surface area contributed by atoms with Crippen LogP contribution in [0.3, 0.4) is 0 Å². The van der Waals surface area contributed by atoms with Crippen LogP contribution in [0.2, 0.25) is 0 Å². The number of carbonyl (C=O) groups is 6. The van der Waals surface area contributed by atoms with Crippen molar-refractivity contribution in [3.8, 4) is 0 Å². The van der Waals surface area contributed by atoms with E-state index >= 15 is 0 Å². The normalized spacial score (nSPS) is 16.9. The molecule has 2 aromatic rings. The van der Waals surface area contributed by atoms with Crippen LogP contribution in [0.4, 0.5) is 10.5 Å². The number of nitrogens with two attached hydrogens (primary N) is 2. The van der Waals surface area contributed by atoms with Gasteiger partial charge in [-0.3, -0.25) is 24.1 Å². The summed E-state index contributed by atoms with van der Waals surface area (Å²) >= 11 is 0. The number of rotatable bonds is 12. The Bertz CT molecular complexity index is 1380. The smallest absolute Gasteiger partial charge is 0.362 e. The Balaban J connectivity index is 2.26. The quantitative estimate of drug-likeness (QED) is 0.185. The predicted molar refractivity (Wildman–Crippen MR) is 155 cm³/mol. The summed E-state index contributed by atoms with van der Waals surface area (Å²) in [7, 11) is 0. The summed E-state index contributed by atoms with van der Waals surface area (Å²) in [5.41, 5.74) is 9.92. The zero-order valence-corrected chi connectivity index (χ0v) is 24.7. The van der Waals surface area contributed by atoms with E-state index < -0.39 is 71.9 Å². The van der Waals surface area contributed by atoms with Gasteiger partial charge in [0.2, 0.25) is 5.91 Å². The van der Waals surface area contributed by atoms with E-state index in [0.29, 0.717) is 15.4 Å². The minimum atomic E-state index is -2.98. The van der Waals surface area contributed by atoms with Crippen LogP contribution in [0.25, 0.3) is 0 Å². The van der Waals surface area contributed by atoms with E-state index in [2.05, 4.69) is 5.32 Å². The van der Waals surface area contributed by atoms with Crippen LogP contribution in [0.1, 0.15) is 58.2 Å². The monoisotopic (exact) mass is 595 g/mol. The van der Waals surface area contributed by atoms with Crippen LogP contribution in [0, 0.1) is 0 Å². The lowest BCUT2D eigenvalue weighted by Gasteiger charge is -2.44. The number of urea groups is 1. The zero-order chi connectivity index (χ0) is 32.1. The van der Waals surface area contributed by atoms with E-state index in [0.717, 1.165) is 12.5 Å². The molecule has 3 atom stereocenters.